The third kappa shape index (κ3) is 2.17. The number of furan rings is 1. The zero-order valence-electron chi connectivity index (χ0n) is 11.2. The number of aryl methyl sites for hydroxylation is 1. The molecule has 2 heterocycles. The molecule has 0 amide bonds. The topological polar surface area (TPSA) is 57.0 Å². The average Bonchev–Trinajstić information content (AvgIpc) is 3.03. The predicted molar refractivity (Wildman–Crippen MR) is 82.5 cm³/mol. The molecule has 20 heavy (non-hydrogen) atoms. The molecule has 1 atom stereocenters. The Morgan fingerprint density at radius 2 is 2.20 bits per heavy atom. The highest BCUT2D eigenvalue weighted by Crippen LogP contribution is 2.32. The van der Waals surface area contributed by atoms with Crippen LogP contribution >= 0.6 is 15.9 Å². The van der Waals surface area contributed by atoms with Gasteiger partial charge in [-0.1, -0.05) is 25.1 Å². The van der Waals surface area contributed by atoms with Gasteiger partial charge in [-0.05, 0) is 28.4 Å². The van der Waals surface area contributed by atoms with Gasteiger partial charge in [0.15, 0.2) is 0 Å². The largest absolute Gasteiger partial charge is 0.464 e. The van der Waals surface area contributed by atoms with Crippen LogP contribution in [-0.2, 0) is 6.54 Å². The minimum absolute atomic E-state index is 0.262. The smallest absolute Gasteiger partial charge is 0.134 e. The Morgan fingerprint density at radius 1 is 1.40 bits per heavy atom. The maximum atomic E-state index is 6.45. The first-order valence-electron chi connectivity index (χ1n) is 6.65. The summed E-state index contributed by atoms with van der Waals surface area (Å²) >= 11 is 3.54. The summed E-state index contributed by atoms with van der Waals surface area (Å²) in [5, 5.41) is 5.43. The molecular weight excluding hydrogens is 318 g/mol. The van der Waals surface area contributed by atoms with Gasteiger partial charge in [-0.25, -0.2) is 0 Å². The minimum atomic E-state index is -0.262. The normalized spacial score (nSPS) is 12.9. The molecule has 0 saturated carbocycles. The molecule has 0 aliphatic rings. The second kappa shape index (κ2) is 5.42. The van der Waals surface area contributed by atoms with E-state index in [0.29, 0.717) is 0 Å². The molecule has 0 aliphatic carbocycles. The first-order chi connectivity index (χ1) is 9.72. The standard InChI is InChI=1S/C15H16BrN3O/c1-2-7-19-15(12(16)8-18-19)14(17)11-9-20-13-6-4-3-5-10(11)13/h3-6,8-9,14H,2,7,17H2,1H3. The summed E-state index contributed by atoms with van der Waals surface area (Å²) in [4.78, 5) is 0. The summed E-state index contributed by atoms with van der Waals surface area (Å²) in [6.45, 7) is 2.97. The van der Waals surface area contributed by atoms with Gasteiger partial charge in [0.05, 0.1) is 28.7 Å². The van der Waals surface area contributed by atoms with Crippen LogP contribution in [0.5, 0.6) is 0 Å². The fraction of sp³-hybridized carbons (Fsp3) is 0.267. The second-order valence-corrected chi connectivity index (χ2v) is 5.62. The minimum Gasteiger partial charge on any atom is -0.464 e. The van der Waals surface area contributed by atoms with Crippen molar-refractivity contribution in [3.05, 3.63) is 52.5 Å². The van der Waals surface area contributed by atoms with Crippen LogP contribution in [0, 0.1) is 0 Å². The van der Waals surface area contributed by atoms with Crippen molar-refractivity contribution in [1.29, 1.82) is 0 Å². The first-order valence-corrected chi connectivity index (χ1v) is 7.44. The van der Waals surface area contributed by atoms with Crippen LogP contribution < -0.4 is 5.73 Å². The van der Waals surface area contributed by atoms with Crippen LogP contribution in [-0.4, -0.2) is 9.78 Å². The van der Waals surface area contributed by atoms with Gasteiger partial charge < -0.3 is 10.2 Å². The van der Waals surface area contributed by atoms with Crippen LogP contribution in [0.25, 0.3) is 11.0 Å². The molecule has 1 aromatic carbocycles. The highest BCUT2D eigenvalue weighted by molar-refractivity contribution is 9.10. The Balaban J connectivity index is 2.08. The van der Waals surface area contributed by atoms with E-state index < -0.39 is 0 Å². The van der Waals surface area contributed by atoms with Crippen LogP contribution in [0.4, 0.5) is 0 Å². The number of benzene rings is 1. The molecule has 104 valence electrons. The van der Waals surface area contributed by atoms with E-state index in [4.69, 9.17) is 10.2 Å². The van der Waals surface area contributed by atoms with Gasteiger partial charge in [-0.15, -0.1) is 0 Å². The Morgan fingerprint density at radius 3 is 3.00 bits per heavy atom. The average molecular weight is 334 g/mol. The van der Waals surface area contributed by atoms with E-state index in [1.807, 2.05) is 28.9 Å². The number of nitrogens with zero attached hydrogens (tertiary/aromatic N) is 2. The van der Waals surface area contributed by atoms with E-state index >= 15 is 0 Å². The van der Waals surface area contributed by atoms with Gasteiger partial charge in [0.2, 0.25) is 0 Å². The highest BCUT2D eigenvalue weighted by atomic mass is 79.9. The summed E-state index contributed by atoms with van der Waals surface area (Å²) < 4.78 is 8.47. The van der Waals surface area contributed by atoms with Gasteiger partial charge in [0.1, 0.15) is 5.58 Å². The number of fused-ring (bicyclic) bond motifs is 1. The van der Waals surface area contributed by atoms with Gasteiger partial charge >= 0.3 is 0 Å². The van der Waals surface area contributed by atoms with Crippen molar-refractivity contribution in [3.8, 4) is 0 Å². The van der Waals surface area contributed by atoms with Crippen LogP contribution in [0.15, 0.2) is 45.6 Å². The summed E-state index contributed by atoms with van der Waals surface area (Å²) in [5.41, 5.74) is 9.28. The Labute approximate surface area is 125 Å². The number of hydrogen-bond donors (Lipinski definition) is 1. The van der Waals surface area contributed by atoms with E-state index in [0.717, 1.165) is 39.7 Å². The lowest BCUT2D eigenvalue weighted by atomic mass is 10.0. The second-order valence-electron chi connectivity index (χ2n) is 4.77. The van der Waals surface area contributed by atoms with Gasteiger partial charge in [0.25, 0.3) is 0 Å². The quantitative estimate of drug-likeness (QED) is 0.788. The Bertz CT molecular complexity index is 732. The fourth-order valence-corrected chi connectivity index (χ4v) is 3.00. The van der Waals surface area contributed by atoms with E-state index in [2.05, 4.69) is 28.0 Å². The number of rotatable bonds is 4. The van der Waals surface area contributed by atoms with Crippen molar-refractivity contribution in [2.24, 2.45) is 5.73 Å². The SMILES string of the molecule is CCCn1ncc(Br)c1C(N)c1coc2ccccc12. The fourth-order valence-electron chi connectivity index (χ4n) is 2.46. The summed E-state index contributed by atoms with van der Waals surface area (Å²) in [6, 6.07) is 7.67. The lowest BCUT2D eigenvalue weighted by Gasteiger charge is -2.14. The lowest BCUT2D eigenvalue weighted by molar-refractivity contribution is 0.554. The number of aromatic nitrogens is 2. The summed E-state index contributed by atoms with van der Waals surface area (Å²) in [5.74, 6) is 0. The summed E-state index contributed by atoms with van der Waals surface area (Å²) in [6.07, 6.45) is 4.55. The monoisotopic (exact) mass is 333 g/mol. The van der Waals surface area contributed by atoms with Crippen LogP contribution in [0.3, 0.4) is 0 Å². The zero-order valence-corrected chi connectivity index (χ0v) is 12.8. The van der Waals surface area contributed by atoms with Crippen LogP contribution in [0.1, 0.15) is 30.6 Å². The van der Waals surface area contributed by atoms with E-state index in [1.54, 1.807) is 12.5 Å². The van der Waals surface area contributed by atoms with E-state index in [-0.39, 0.29) is 6.04 Å². The molecule has 3 aromatic rings. The molecule has 0 saturated heterocycles. The Hall–Kier alpha value is -1.59. The lowest BCUT2D eigenvalue weighted by Crippen LogP contribution is -2.17. The molecule has 0 aliphatic heterocycles. The number of hydrogen-bond acceptors (Lipinski definition) is 3. The molecule has 4 nitrogen and oxygen atoms in total. The van der Waals surface area contributed by atoms with Gasteiger partial charge in [-0.3, -0.25) is 4.68 Å². The molecule has 2 aromatic heterocycles. The van der Waals surface area contributed by atoms with Gasteiger partial charge in [-0.2, -0.15) is 5.10 Å². The molecule has 2 N–H and O–H groups in total. The van der Waals surface area contributed by atoms with Crippen molar-refractivity contribution in [3.63, 3.8) is 0 Å². The number of nitrogens with two attached hydrogens (primary N) is 1. The maximum absolute atomic E-state index is 6.45. The van der Waals surface area contributed by atoms with Crippen molar-refractivity contribution < 1.29 is 4.42 Å². The van der Waals surface area contributed by atoms with Crippen molar-refractivity contribution in [1.82, 2.24) is 9.78 Å². The van der Waals surface area contributed by atoms with Crippen molar-refractivity contribution in [2.45, 2.75) is 25.9 Å². The van der Waals surface area contributed by atoms with E-state index in [9.17, 15) is 0 Å². The first kappa shape index (κ1) is 13.4. The molecule has 1 unspecified atom stereocenters. The molecule has 0 bridgehead atoms. The van der Waals surface area contributed by atoms with Crippen molar-refractivity contribution in [2.75, 3.05) is 0 Å². The van der Waals surface area contributed by atoms with Gasteiger partial charge in [0, 0.05) is 17.5 Å². The molecule has 0 spiro atoms. The third-order valence-corrected chi connectivity index (χ3v) is 4.02. The number of halogens is 1. The molecule has 0 fully saturated rings. The number of para-hydroxylation sites is 1. The third-order valence-electron chi connectivity index (χ3n) is 3.41. The van der Waals surface area contributed by atoms with E-state index in [1.165, 1.54) is 0 Å². The molecule has 3 rings (SSSR count). The molecular formula is C15H16BrN3O. The maximum Gasteiger partial charge on any atom is 0.134 e. The van der Waals surface area contributed by atoms with Crippen LogP contribution in [0.2, 0.25) is 0 Å². The summed E-state index contributed by atoms with van der Waals surface area (Å²) in [7, 11) is 0. The highest BCUT2D eigenvalue weighted by Gasteiger charge is 2.21. The van der Waals surface area contributed by atoms with Crippen molar-refractivity contribution >= 4 is 26.9 Å². The predicted octanol–water partition coefficient (Wildman–Crippen LogP) is 3.85. The zero-order chi connectivity index (χ0) is 14.1. The molecule has 0 radical (unpaired) electrons. The molecule has 5 heteroatoms. The Kier molecular flexibility index (Phi) is 3.63.